The summed E-state index contributed by atoms with van der Waals surface area (Å²) < 4.78 is 40.8. The predicted octanol–water partition coefficient (Wildman–Crippen LogP) is 2.24. The largest absolute Gasteiger partial charge is 0.444 e. The minimum Gasteiger partial charge on any atom is -0.444 e. The smallest absolute Gasteiger partial charge is 0.410 e. The van der Waals surface area contributed by atoms with Gasteiger partial charge < -0.3 is 9.64 Å². The fraction of sp³-hybridized carbons (Fsp3) is 0.846. The number of ether oxygens (including phenoxy) is 1. The summed E-state index contributed by atoms with van der Waals surface area (Å²) in [5, 5.41) is 0. The van der Waals surface area contributed by atoms with Gasteiger partial charge in [-0.05, 0) is 27.2 Å². The Bertz CT molecular complexity index is 401. The Labute approximate surface area is 126 Å². The van der Waals surface area contributed by atoms with Gasteiger partial charge in [-0.15, -0.1) is 0 Å². The summed E-state index contributed by atoms with van der Waals surface area (Å²) in [7, 11) is 0. The number of alkyl halides is 3. The lowest BCUT2D eigenvalue weighted by Crippen LogP contribution is -2.56. The molecule has 0 bridgehead atoms. The Balaban J connectivity index is 2.13. The van der Waals surface area contributed by atoms with Crippen LogP contribution in [0.3, 0.4) is 0 Å². The van der Waals surface area contributed by atoms with Crippen LogP contribution in [0.1, 0.15) is 33.6 Å². The Hall–Kier alpha value is -1.51. The van der Waals surface area contributed by atoms with E-state index in [1.54, 1.807) is 20.8 Å². The van der Waals surface area contributed by atoms with Crippen molar-refractivity contribution >= 4 is 12.0 Å². The molecule has 1 saturated heterocycles. The van der Waals surface area contributed by atoms with Crippen molar-refractivity contribution in [1.29, 1.82) is 0 Å². The average molecular weight is 326 g/mol. The van der Waals surface area contributed by atoms with E-state index in [9.17, 15) is 22.8 Å². The van der Waals surface area contributed by atoms with Gasteiger partial charge in [0, 0.05) is 19.5 Å². The van der Waals surface area contributed by atoms with Gasteiger partial charge in [0.1, 0.15) is 5.60 Å². The van der Waals surface area contributed by atoms with Gasteiger partial charge in [0.05, 0.1) is 12.5 Å². The number of nitrogens with one attached hydrogen (secondary N) is 1. The van der Waals surface area contributed by atoms with Gasteiger partial charge in [-0.2, -0.15) is 13.2 Å². The summed E-state index contributed by atoms with van der Waals surface area (Å²) in [5.74, 6) is -0.887. The first kappa shape index (κ1) is 18.5. The van der Waals surface area contributed by atoms with E-state index in [1.165, 1.54) is 4.90 Å². The summed E-state index contributed by atoms with van der Waals surface area (Å²) >= 11 is 0. The summed E-state index contributed by atoms with van der Waals surface area (Å²) in [4.78, 5) is 29.3. The van der Waals surface area contributed by atoms with Crippen molar-refractivity contribution in [1.82, 2.24) is 10.4 Å². The van der Waals surface area contributed by atoms with E-state index < -0.39 is 36.1 Å². The Morgan fingerprint density at radius 1 is 1.23 bits per heavy atom. The molecule has 0 atom stereocenters. The number of hydroxylamine groups is 1. The number of nitrogens with zero attached hydrogens (tertiary/aromatic N) is 1. The average Bonchev–Trinajstić information content (AvgIpc) is 2.21. The number of rotatable bonds is 5. The molecule has 0 unspecified atom stereocenters. The van der Waals surface area contributed by atoms with Crippen molar-refractivity contribution in [3.8, 4) is 0 Å². The minimum absolute atomic E-state index is 0.201. The zero-order valence-electron chi connectivity index (χ0n) is 12.8. The number of hydrogen-bond acceptors (Lipinski definition) is 4. The number of carbonyl (C=O) groups excluding carboxylic acids is 2. The molecule has 0 spiro atoms. The van der Waals surface area contributed by atoms with Gasteiger partial charge in [0.2, 0.25) is 5.91 Å². The number of amides is 2. The van der Waals surface area contributed by atoms with Gasteiger partial charge in [-0.25, -0.2) is 10.3 Å². The van der Waals surface area contributed by atoms with Crippen molar-refractivity contribution in [2.45, 2.75) is 45.4 Å². The van der Waals surface area contributed by atoms with Crippen molar-refractivity contribution in [2.75, 3.05) is 19.7 Å². The second-order valence-corrected chi connectivity index (χ2v) is 6.12. The number of likely N-dealkylation sites (tertiary alicyclic amines) is 1. The molecule has 22 heavy (non-hydrogen) atoms. The Morgan fingerprint density at radius 2 is 1.82 bits per heavy atom. The van der Waals surface area contributed by atoms with Gasteiger partial charge in [0.15, 0.2) is 0 Å². The van der Waals surface area contributed by atoms with Crippen molar-refractivity contribution in [3.63, 3.8) is 0 Å². The van der Waals surface area contributed by atoms with Crippen molar-refractivity contribution in [2.24, 2.45) is 5.92 Å². The standard InChI is InChI=1S/C13H21F3N2O4/c1-12(2,3)22-11(20)18-7-9(8-18)10(19)17-21-6-4-5-13(14,15)16/h9H,4-8H2,1-3H3,(H,17,19). The first-order valence-electron chi connectivity index (χ1n) is 6.94. The van der Waals surface area contributed by atoms with Gasteiger partial charge in [-0.3, -0.25) is 9.63 Å². The summed E-state index contributed by atoms with van der Waals surface area (Å²) in [6.45, 7) is 5.41. The third-order valence-corrected chi connectivity index (χ3v) is 2.78. The quantitative estimate of drug-likeness (QED) is 0.621. The molecule has 1 heterocycles. The zero-order chi connectivity index (χ0) is 17.0. The molecule has 1 aliphatic heterocycles. The second kappa shape index (κ2) is 7.17. The second-order valence-electron chi connectivity index (χ2n) is 6.12. The van der Waals surface area contributed by atoms with Crippen LogP contribution in [0.25, 0.3) is 0 Å². The fourth-order valence-corrected chi connectivity index (χ4v) is 1.67. The minimum atomic E-state index is -4.23. The van der Waals surface area contributed by atoms with E-state index in [2.05, 4.69) is 10.3 Å². The van der Waals surface area contributed by atoms with Crippen molar-refractivity contribution < 1.29 is 32.3 Å². The number of carbonyl (C=O) groups is 2. The van der Waals surface area contributed by atoms with E-state index in [1.807, 2.05) is 0 Å². The molecule has 2 amide bonds. The molecule has 0 radical (unpaired) electrons. The molecule has 0 aromatic rings. The molecule has 0 aliphatic carbocycles. The lowest BCUT2D eigenvalue weighted by atomic mass is 10.0. The molecular formula is C13H21F3N2O4. The predicted molar refractivity (Wildman–Crippen MR) is 70.7 cm³/mol. The van der Waals surface area contributed by atoms with Crippen LogP contribution < -0.4 is 5.48 Å². The lowest BCUT2D eigenvalue weighted by Gasteiger charge is -2.38. The maximum Gasteiger partial charge on any atom is 0.410 e. The first-order chi connectivity index (χ1) is 9.98. The van der Waals surface area contributed by atoms with E-state index >= 15 is 0 Å². The molecule has 6 nitrogen and oxygen atoms in total. The molecular weight excluding hydrogens is 305 g/mol. The summed E-state index contributed by atoms with van der Waals surface area (Å²) in [5.41, 5.74) is 1.49. The molecule has 1 fully saturated rings. The Morgan fingerprint density at radius 3 is 2.32 bits per heavy atom. The zero-order valence-corrected chi connectivity index (χ0v) is 12.8. The van der Waals surface area contributed by atoms with Gasteiger partial charge in [0.25, 0.3) is 0 Å². The molecule has 1 rings (SSSR count). The third kappa shape index (κ3) is 6.97. The fourth-order valence-electron chi connectivity index (χ4n) is 1.67. The lowest BCUT2D eigenvalue weighted by molar-refractivity contribution is -0.147. The normalized spacial score (nSPS) is 16.2. The van der Waals surface area contributed by atoms with E-state index in [-0.39, 0.29) is 26.1 Å². The van der Waals surface area contributed by atoms with E-state index in [0.29, 0.717) is 0 Å². The molecule has 128 valence electrons. The van der Waals surface area contributed by atoms with Gasteiger partial charge >= 0.3 is 12.3 Å². The number of halogens is 3. The maximum atomic E-state index is 11.9. The van der Waals surface area contributed by atoms with Crippen molar-refractivity contribution in [3.05, 3.63) is 0 Å². The molecule has 9 heteroatoms. The highest BCUT2D eigenvalue weighted by molar-refractivity contribution is 5.81. The van der Waals surface area contributed by atoms with Gasteiger partial charge in [-0.1, -0.05) is 0 Å². The number of hydrogen-bond donors (Lipinski definition) is 1. The highest BCUT2D eigenvalue weighted by Crippen LogP contribution is 2.21. The van der Waals surface area contributed by atoms with Crippen LogP contribution in [-0.2, 0) is 14.4 Å². The van der Waals surface area contributed by atoms with Crippen LogP contribution in [0.5, 0.6) is 0 Å². The highest BCUT2D eigenvalue weighted by Gasteiger charge is 2.38. The first-order valence-corrected chi connectivity index (χ1v) is 6.94. The molecule has 1 aliphatic rings. The van der Waals surface area contributed by atoms with Crippen LogP contribution in [0.4, 0.5) is 18.0 Å². The molecule has 0 saturated carbocycles. The maximum absolute atomic E-state index is 11.9. The molecule has 0 aromatic heterocycles. The van der Waals surface area contributed by atoms with Crippen LogP contribution >= 0.6 is 0 Å². The topological polar surface area (TPSA) is 67.9 Å². The molecule has 0 aromatic carbocycles. The highest BCUT2D eigenvalue weighted by atomic mass is 19.4. The van der Waals surface area contributed by atoms with Crippen LogP contribution in [0.15, 0.2) is 0 Å². The monoisotopic (exact) mass is 326 g/mol. The van der Waals surface area contributed by atoms with Crippen LogP contribution in [0.2, 0.25) is 0 Å². The molecule has 1 N–H and O–H groups in total. The van der Waals surface area contributed by atoms with E-state index in [4.69, 9.17) is 4.74 Å². The van der Waals surface area contributed by atoms with Crippen LogP contribution in [-0.4, -0.2) is 48.4 Å². The summed E-state index contributed by atoms with van der Waals surface area (Å²) in [6, 6.07) is 0. The Kier molecular flexibility index (Phi) is 6.04. The van der Waals surface area contributed by atoms with Crippen LogP contribution in [0, 0.1) is 5.92 Å². The summed E-state index contributed by atoms with van der Waals surface area (Å²) in [6.07, 6.45) is -5.91. The SMILES string of the molecule is CC(C)(C)OC(=O)N1CC(C(=O)NOCCCC(F)(F)F)C1. The van der Waals surface area contributed by atoms with E-state index in [0.717, 1.165) is 0 Å². The third-order valence-electron chi connectivity index (χ3n) is 2.78.